The molecule has 0 unspecified atom stereocenters. The third-order valence-electron chi connectivity index (χ3n) is 2.91. The summed E-state index contributed by atoms with van der Waals surface area (Å²) in [5.41, 5.74) is 0. The Kier molecular flexibility index (Phi) is 6.53. The number of rotatable bonds is 4. The molecule has 0 aromatic rings. The standard InChI is InChI=1S/C12H22N2O6/c1-9(7-15)19-11(17)13-3-5-14(6-4-13)12(18)20-10(2)8-16/h9-10,15-16H,3-8H2,1-2H3/t9-,10-/m1/s1. The fourth-order valence-corrected chi connectivity index (χ4v) is 1.64. The van der Waals surface area contributed by atoms with Crippen molar-refractivity contribution in [2.45, 2.75) is 26.1 Å². The Labute approximate surface area is 117 Å². The van der Waals surface area contributed by atoms with Gasteiger partial charge >= 0.3 is 12.2 Å². The van der Waals surface area contributed by atoms with E-state index >= 15 is 0 Å². The van der Waals surface area contributed by atoms with Crippen molar-refractivity contribution in [1.82, 2.24) is 9.80 Å². The van der Waals surface area contributed by atoms with Gasteiger partial charge in [-0.25, -0.2) is 9.59 Å². The summed E-state index contributed by atoms with van der Waals surface area (Å²) in [6, 6.07) is 0. The maximum absolute atomic E-state index is 11.7. The maximum atomic E-state index is 11.7. The van der Waals surface area contributed by atoms with Crippen LogP contribution in [0.1, 0.15) is 13.8 Å². The van der Waals surface area contributed by atoms with Gasteiger partial charge in [0.2, 0.25) is 0 Å². The van der Waals surface area contributed by atoms with Crippen LogP contribution in [0.5, 0.6) is 0 Å². The van der Waals surface area contributed by atoms with E-state index in [1.54, 1.807) is 13.8 Å². The third-order valence-corrected chi connectivity index (χ3v) is 2.91. The normalized spacial score (nSPS) is 18.4. The van der Waals surface area contributed by atoms with Crippen LogP contribution in [0.2, 0.25) is 0 Å². The Bertz CT molecular complexity index is 298. The fourth-order valence-electron chi connectivity index (χ4n) is 1.64. The minimum absolute atomic E-state index is 0.225. The summed E-state index contributed by atoms with van der Waals surface area (Å²) in [6.07, 6.45) is -2.08. The zero-order chi connectivity index (χ0) is 15.1. The molecule has 0 spiro atoms. The van der Waals surface area contributed by atoms with Gasteiger partial charge in [-0.05, 0) is 13.8 Å². The van der Waals surface area contributed by atoms with E-state index in [1.807, 2.05) is 0 Å². The van der Waals surface area contributed by atoms with Crippen molar-refractivity contribution < 1.29 is 29.3 Å². The number of carbonyl (C=O) groups excluding carboxylic acids is 2. The molecular weight excluding hydrogens is 268 g/mol. The summed E-state index contributed by atoms with van der Waals surface area (Å²) >= 11 is 0. The highest BCUT2D eigenvalue weighted by atomic mass is 16.6. The molecule has 0 radical (unpaired) electrons. The van der Waals surface area contributed by atoms with E-state index in [9.17, 15) is 9.59 Å². The van der Waals surface area contributed by atoms with Gasteiger partial charge in [0.1, 0.15) is 12.2 Å². The van der Waals surface area contributed by atoms with Gasteiger partial charge in [0, 0.05) is 26.2 Å². The predicted molar refractivity (Wildman–Crippen MR) is 69.2 cm³/mol. The summed E-state index contributed by atoms with van der Waals surface area (Å²) in [5.74, 6) is 0. The molecule has 2 atom stereocenters. The van der Waals surface area contributed by atoms with Crippen molar-refractivity contribution in [2.24, 2.45) is 0 Å². The van der Waals surface area contributed by atoms with Crippen molar-refractivity contribution in [2.75, 3.05) is 39.4 Å². The van der Waals surface area contributed by atoms with Crippen LogP contribution in [-0.4, -0.2) is 83.8 Å². The highest BCUT2D eigenvalue weighted by molar-refractivity contribution is 5.70. The first kappa shape index (κ1) is 16.5. The number of aliphatic hydroxyl groups excluding tert-OH is 2. The third kappa shape index (κ3) is 4.86. The number of amides is 2. The van der Waals surface area contributed by atoms with Gasteiger partial charge in [0.15, 0.2) is 0 Å². The first-order valence-corrected chi connectivity index (χ1v) is 6.60. The predicted octanol–water partition coefficient (Wildman–Crippen LogP) is -0.361. The van der Waals surface area contributed by atoms with E-state index < -0.39 is 24.4 Å². The van der Waals surface area contributed by atoms with Crippen LogP contribution >= 0.6 is 0 Å². The van der Waals surface area contributed by atoms with Gasteiger partial charge in [-0.1, -0.05) is 0 Å². The second-order valence-corrected chi connectivity index (χ2v) is 4.73. The summed E-state index contributed by atoms with van der Waals surface area (Å²) in [5, 5.41) is 17.6. The monoisotopic (exact) mass is 290 g/mol. The van der Waals surface area contributed by atoms with Gasteiger partial charge < -0.3 is 29.5 Å². The molecule has 0 aromatic carbocycles. The lowest BCUT2D eigenvalue weighted by molar-refractivity contribution is 0.0164. The Morgan fingerprint density at radius 3 is 1.45 bits per heavy atom. The lowest BCUT2D eigenvalue weighted by Gasteiger charge is -2.34. The second-order valence-electron chi connectivity index (χ2n) is 4.73. The molecule has 0 aromatic heterocycles. The van der Waals surface area contributed by atoms with Crippen molar-refractivity contribution in [3.05, 3.63) is 0 Å². The molecule has 8 nitrogen and oxygen atoms in total. The smallest absolute Gasteiger partial charge is 0.410 e. The average molecular weight is 290 g/mol. The van der Waals surface area contributed by atoms with Crippen LogP contribution < -0.4 is 0 Å². The molecule has 0 aliphatic carbocycles. The number of ether oxygens (including phenoxy) is 2. The van der Waals surface area contributed by atoms with E-state index in [1.165, 1.54) is 9.80 Å². The van der Waals surface area contributed by atoms with Crippen molar-refractivity contribution >= 4 is 12.2 Å². The molecule has 1 aliphatic rings. The molecule has 1 rings (SSSR count). The van der Waals surface area contributed by atoms with Gasteiger partial charge in [-0.15, -0.1) is 0 Å². The van der Waals surface area contributed by atoms with E-state index in [4.69, 9.17) is 19.7 Å². The van der Waals surface area contributed by atoms with Crippen LogP contribution in [0.3, 0.4) is 0 Å². The Hall–Kier alpha value is -1.54. The van der Waals surface area contributed by atoms with Crippen molar-refractivity contribution in [3.63, 3.8) is 0 Å². The van der Waals surface area contributed by atoms with E-state index in [-0.39, 0.29) is 13.2 Å². The molecule has 2 N–H and O–H groups in total. The van der Waals surface area contributed by atoms with Crippen molar-refractivity contribution in [1.29, 1.82) is 0 Å². The van der Waals surface area contributed by atoms with Gasteiger partial charge in [-0.2, -0.15) is 0 Å². The quantitative estimate of drug-likeness (QED) is 0.733. The number of carbonyl (C=O) groups is 2. The lowest BCUT2D eigenvalue weighted by Crippen LogP contribution is -2.51. The van der Waals surface area contributed by atoms with Gasteiger partial charge in [-0.3, -0.25) is 0 Å². The molecular formula is C12H22N2O6. The number of nitrogens with zero attached hydrogens (tertiary/aromatic N) is 2. The van der Waals surface area contributed by atoms with Crippen LogP contribution in [0.25, 0.3) is 0 Å². The molecule has 0 bridgehead atoms. The lowest BCUT2D eigenvalue weighted by atomic mass is 10.3. The minimum Gasteiger partial charge on any atom is -0.444 e. The molecule has 20 heavy (non-hydrogen) atoms. The average Bonchev–Trinajstić information content (AvgIpc) is 2.46. The topological polar surface area (TPSA) is 99.5 Å². The first-order chi connectivity index (χ1) is 9.47. The summed E-state index contributed by atoms with van der Waals surface area (Å²) < 4.78 is 9.97. The molecule has 8 heteroatoms. The van der Waals surface area contributed by atoms with Crippen molar-refractivity contribution in [3.8, 4) is 0 Å². The molecule has 0 saturated carbocycles. The molecule has 1 aliphatic heterocycles. The SMILES string of the molecule is C[C@H](CO)OC(=O)N1CCN(C(=O)O[C@H](C)CO)CC1. The fraction of sp³-hybridized carbons (Fsp3) is 0.833. The number of piperazine rings is 1. The van der Waals surface area contributed by atoms with Crippen LogP contribution in [0, 0.1) is 0 Å². The number of hydrogen-bond donors (Lipinski definition) is 2. The largest absolute Gasteiger partial charge is 0.444 e. The highest BCUT2D eigenvalue weighted by Crippen LogP contribution is 2.07. The first-order valence-electron chi connectivity index (χ1n) is 6.60. The van der Waals surface area contributed by atoms with E-state index in [0.29, 0.717) is 26.2 Å². The Morgan fingerprint density at radius 1 is 0.900 bits per heavy atom. The minimum atomic E-state index is -0.545. The summed E-state index contributed by atoms with van der Waals surface area (Å²) in [7, 11) is 0. The van der Waals surface area contributed by atoms with Crippen LogP contribution in [0.15, 0.2) is 0 Å². The molecule has 116 valence electrons. The molecule has 1 fully saturated rings. The number of hydrogen-bond acceptors (Lipinski definition) is 6. The van der Waals surface area contributed by atoms with E-state index in [0.717, 1.165) is 0 Å². The maximum Gasteiger partial charge on any atom is 0.410 e. The molecule has 1 saturated heterocycles. The summed E-state index contributed by atoms with van der Waals surface area (Å²) in [4.78, 5) is 26.3. The molecule has 2 amide bonds. The van der Waals surface area contributed by atoms with E-state index in [2.05, 4.69) is 0 Å². The number of aliphatic hydroxyl groups is 2. The zero-order valence-electron chi connectivity index (χ0n) is 11.8. The second kappa shape index (κ2) is 7.91. The molecule has 1 heterocycles. The Morgan fingerprint density at radius 2 is 1.20 bits per heavy atom. The van der Waals surface area contributed by atoms with Crippen LogP contribution in [-0.2, 0) is 9.47 Å². The highest BCUT2D eigenvalue weighted by Gasteiger charge is 2.27. The summed E-state index contributed by atoms with van der Waals surface area (Å²) in [6.45, 7) is 4.14. The van der Waals surface area contributed by atoms with Gasteiger partial charge in [0.05, 0.1) is 13.2 Å². The zero-order valence-corrected chi connectivity index (χ0v) is 11.8. The Balaban J connectivity index is 2.36. The van der Waals surface area contributed by atoms with Crippen LogP contribution in [0.4, 0.5) is 9.59 Å². The van der Waals surface area contributed by atoms with Gasteiger partial charge in [0.25, 0.3) is 0 Å².